The molecule has 1 aromatic rings. The first-order valence-corrected chi connectivity index (χ1v) is 8.89. The second-order valence-corrected chi connectivity index (χ2v) is 7.51. The number of hydrogen-bond acceptors (Lipinski definition) is 4. The van der Waals surface area contributed by atoms with Crippen LogP contribution in [0.5, 0.6) is 0 Å². The summed E-state index contributed by atoms with van der Waals surface area (Å²) in [6.45, 7) is 4.11. The van der Waals surface area contributed by atoms with E-state index in [1.54, 1.807) is 0 Å². The lowest BCUT2D eigenvalue weighted by atomic mass is 10.0. The topological polar surface area (TPSA) is 61.9 Å². The van der Waals surface area contributed by atoms with Gasteiger partial charge in [-0.05, 0) is 26.6 Å². The van der Waals surface area contributed by atoms with Crippen LogP contribution in [0.15, 0.2) is 24.3 Å². The Kier molecular flexibility index (Phi) is 5.94. The Balaban J connectivity index is 2.03. The van der Waals surface area contributed by atoms with E-state index in [9.17, 15) is 8.42 Å². The summed E-state index contributed by atoms with van der Waals surface area (Å²) in [6, 6.07) is 8.17. The minimum absolute atomic E-state index is 0.00332. The summed E-state index contributed by atoms with van der Waals surface area (Å²) >= 11 is 0. The molecule has 1 fully saturated rings. The summed E-state index contributed by atoms with van der Waals surface area (Å²) < 4.78 is 34.0. The van der Waals surface area contributed by atoms with E-state index in [2.05, 4.69) is 4.72 Å². The monoisotopic (exact) mass is 327 g/mol. The van der Waals surface area contributed by atoms with Crippen molar-refractivity contribution < 1.29 is 13.2 Å². The van der Waals surface area contributed by atoms with Crippen LogP contribution in [0.1, 0.15) is 17.2 Å². The molecule has 0 aromatic heterocycles. The van der Waals surface area contributed by atoms with Crippen molar-refractivity contribution in [2.75, 3.05) is 46.9 Å². The molecule has 0 amide bonds. The summed E-state index contributed by atoms with van der Waals surface area (Å²) in [4.78, 5) is 2.02. The van der Waals surface area contributed by atoms with Crippen molar-refractivity contribution in [1.29, 1.82) is 0 Å². The molecule has 1 aromatic carbocycles. The lowest BCUT2D eigenvalue weighted by Crippen LogP contribution is -2.48. The lowest BCUT2D eigenvalue weighted by molar-refractivity contribution is 0.0724. The van der Waals surface area contributed by atoms with Crippen molar-refractivity contribution >= 4 is 10.2 Å². The fourth-order valence-corrected chi connectivity index (χ4v) is 3.63. The largest absolute Gasteiger partial charge is 0.379 e. The second kappa shape index (κ2) is 7.52. The summed E-state index contributed by atoms with van der Waals surface area (Å²) in [5.41, 5.74) is 2.29. The maximum atomic E-state index is 12.3. The van der Waals surface area contributed by atoms with Crippen LogP contribution < -0.4 is 4.72 Å². The van der Waals surface area contributed by atoms with Crippen molar-refractivity contribution in [3.05, 3.63) is 35.4 Å². The van der Waals surface area contributed by atoms with E-state index >= 15 is 0 Å². The van der Waals surface area contributed by atoms with Crippen LogP contribution in [-0.2, 0) is 14.9 Å². The fraction of sp³-hybridized carbons (Fsp3) is 0.600. The molecule has 2 rings (SSSR count). The van der Waals surface area contributed by atoms with E-state index in [-0.39, 0.29) is 6.04 Å². The third-order valence-corrected chi connectivity index (χ3v) is 5.43. The van der Waals surface area contributed by atoms with E-state index in [1.165, 1.54) is 9.87 Å². The minimum atomic E-state index is -3.45. The summed E-state index contributed by atoms with van der Waals surface area (Å²) in [5, 5.41) is 0. The molecule has 1 atom stereocenters. The van der Waals surface area contributed by atoms with Crippen LogP contribution in [0.4, 0.5) is 0 Å². The quantitative estimate of drug-likeness (QED) is 0.838. The van der Waals surface area contributed by atoms with Gasteiger partial charge in [-0.1, -0.05) is 29.8 Å². The van der Waals surface area contributed by atoms with Gasteiger partial charge in [-0.15, -0.1) is 0 Å². The van der Waals surface area contributed by atoms with Crippen molar-refractivity contribution in [3.63, 3.8) is 0 Å². The molecule has 0 saturated carbocycles. The second-order valence-electron chi connectivity index (χ2n) is 5.76. The van der Waals surface area contributed by atoms with Crippen molar-refractivity contribution in [1.82, 2.24) is 13.9 Å². The van der Waals surface area contributed by atoms with Gasteiger partial charge < -0.3 is 9.64 Å². The molecule has 22 heavy (non-hydrogen) atoms. The molecular weight excluding hydrogens is 302 g/mol. The van der Waals surface area contributed by atoms with Gasteiger partial charge in [0.15, 0.2) is 0 Å². The maximum absolute atomic E-state index is 12.3. The molecule has 6 nitrogen and oxygen atoms in total. The van der Waals surface area contributed by atoms with Gasteiger partial charge >= 0.3 is 0 Å². The Hall–Kier alpha value is -0.990. The Bertz CT molecular complexity index is 566. The summed E-state index contributed by atoms with van der Waals surface area (Å²) in [6.07, 6.45) is 0. The van der Waals surface area contributed by atoms with Crippen LogP contribution in [-0.4, -0.2) is 64.6 Å². The van der Waals surface area contributed by atoms with Crippen LogP contribution in [0.25, 0.3) is 0 Å². The highest BCUT2D eigenvalue weighted by Crippen LogP contribution is 2.18. The highest BCUT2D eigenvalue weighted by atomic mass is 32.2. The maximum Gasteiger partial charge on any atom is 0.279 e. The van der Waals surface area contributed by atoms with Crippen LogP contribution in [0, 0.1) is 6.92 Å². The summed E-state index contributed by atoms with van der Waals surface area (Å²) in [5.74, 6) is 0. The molecular formula is C15H25N3O3S. The van der Waals surface area contributed by atoms with E-state index < -0.39 is 10.2 Å². The molecule has 0 aliphatic carbocycles. The minimum Gasteiger partial charge on any atom is -0.379 e. The van der Waals surface area contributed by atoms with E-state index in [0.717, 1.165) is 5.56 Å². The molecule has 0 bridgehead atoms. The Labute approximate surface area is 133 Å². The summed E-state index contributed by atoms with van der Waals surface area (Å²) in [7, 11) is 0.452. The first-order chi connectivity index (χ1) is 10.4. The molecule has 0 radical (unpaired) electrons. The van der Waals surface area contributed by atoms with Crippen molar-refractivity contribution in [2.45, 2.75) is 13.0 Å². The standard InChI is InChI=1S/C15H25N3O3S/c1-13-4-6-14(7-5-13)15(17(2)3)12-16-22(19,20)18-8-10-21-11-9-18/h4-7,15-16H,8-12H2,1-3H3/t15-/m1/s1. The van der Waals surface area contributed by atoms with Crippen LogP contribution >= 0.6 is 0 Å². The number of ether oxygens (including phenoxy) is 1. The third kappa shape index (κ3) is 4.50. The first-order valence-electron chi connectivity index (χ1n) is 7.45. The highest BCUT2D eigenvalue weighted by molar-refractivity contribution is 7.87. The van der Waals surface area contributed by atoms with E-state index in [4.69, 9.17) is 4.74 Å². The number of likely N-dealkylation sites (N-methyl/N-ethyl adjacent to an activating group) is 1. The Morgan fingerprint density at radius 1 is 1.23 bits per heavy atom. The fourth-order valence-electron chi connectivity index (χ4n) is 2.45. The first kappa shape index (κ1) is 17.4. The molecule has 1 saturated heterocycles. The number of morpholine rings is 1. The average molecular weight is 327 g/mol. The van der Waals surface area contributed by atoms with Crippen LogP contribution in [0.3, 0.4) is 0 Å². The zero-order chi connectivity index (χ0) is 16.2. The average Bonchev–Trinajstić information content (AvgIpc) is 2.50. The van der Waals surface area contributed by atoms with E-state index in [1.807, 2.05) is 50.2 Å². The predicted octanol–water partition coefficient (Wildman–Crippen LogP) is 0.764. The number of hydrogen-bond donors (Lipinski definition) is 1. The lowest BCUT2D eigenvalue weighted by Gasteiger charge is -2.29. The SMILES string of the molecule is Cc1ccc([C@@H](CNS(=O)(=O)N2CCOCC2)N(C)C)cc1. The number of rotatable bonds is 6. The smallest absolute Gasteiger partial charge is 0.279 e. The van der Waals surface area contributed by atoms with Gasteiger partial charge in [-0.2, -0.15) is 12.7 Å². The zero-order valence-corrected chi connectivity index (χ0v) is 14.3. The van der Waals surface area contributed by atoms with Gasteiger partial charge in [0.2, 0.25) is 0 Å². The van der Waals surface area contributed by atoms with Crippen LogP contribution in [0.2, 0.25) is 0 Å². The van der Waals surface area contributed by atoms with Gasteiger partial charge in [-0.3, -0.25) is 0 Å². The molecule has 124 valence electrons. The molecule has 0 spiro atoms. The highest BCUT2D eigenvalue weighted by Gasteiger charge is 2.25. The molecule has 1 aliphatic heterocycles. The number of benzene rings is 1. The molecule has 1 heterocycles. The molecule has 1 N–H and O–H groups in total. The van der Waals surface area contributed by atoms with Gasteiger partial charge in [0.25, 0.3) is 10.2 Å². The van der Waals surface area contributed by atoms with E-state index in [0.29, 0.717) is 32.8 Å². The number of aryl methyl sites for hydroxylation is 1. The molecule has 1 aliphatic rings. The molecule has 0 unspecified atom stereocenters. The Morgan fingerprint density at radius 2 is 1.82 bits per heavy atom. The predicted molar refractivity (Wildman–Crippen MR) is 86.9 cm³/mol. The Morgan fingerprint density at radius 3 is 2.36 bits per heavy atom. The molecule has 7 heteroatoms. The van der Waals surface area contributed by atoms with Gasteiger partial charge in [0, 0.05) is 25.7 Å². The van der Waals surface area contributed by atoms with Gasteiger partial charge in [-0.25, -0.2) is 4.72 Å². The van der Waals surface area contributed by atoms with Gasteiger partial charge in [0.05, 0.1) is 13.2 Å². The van der Waals surface area contributed by atoms with Crippen molar-refractivity contribution in [3.8, 4) is 0 Å². The zero-order valence-electron chi connectivity index (χ0n) is 13.4. The number of nitrogens with one attached hydrogen (secondary N) is 1. The van der Waals surface area contributed by atoms with Crippen molar-refractivity contribution in [2.24, 2.45) is 0 Å². The third-order valence-electron chi connectivity index (χ3n) is 3.85. The normalized spacial score (nSPS) is 18.5. The van der Waals surface area contributed by atoms with Gasteiger partial charge in [0.1, 0.15) is 0 Å². The number of nitrogens with zero attached hydrogens (tertiary/aromatic N) is 2.